The summed E-state index contributed by atoms with van der Waals surface area (Å²) >= 11 is 2.12. The Kier molecular flexibility index (Phi) is 3.77. The van der Waals surface area contributed by atoms with Crippen molar-refractivity contribution in [2.45, 2.75) is 13.8 Å². The molecule has 1 aromatic heterocycles. The average Bonchev–Trinajstić information content (AvgIpc) is 2.35. The highest BCUT2D eigenvalue weighted by Crippen LogP contribution is 2.30. The first kappa shape index (κ1) is 12.8. The summed E-state index contributed by atoms with van der Waals surface area (Å²) in [4.78, 5) is 8.01. The Morgan fingerprint density at radius 2 is 1.94 bits per heavy atom. The molecule has 90 valence electrons. The molecule has 0 spiro atoms. The summed E-state index contributed by atoms with van der Waals surface area (Å²) in [6, 6.07) is 5.73. The topological polar surface area (TPSA) is 58.8 Å². The summed E-state index contributed by atoms with van der Waals surface area (Å²) in [5.74, 6) is 1.27. The first-order chi connectivity index (χ1) is 8.61. The van der Waals surface area contributed by atoms with E-state index in [1.165, 1.54) is 6.33 Å². The minimum atomic E-state index is 0.529. The van der Waals surface area contributed by atoms with Crippen molar-refractivity contribution in [2.24, 2.45) is 0 Å². The second-order valence-electron chi connectivity index (χ2n) is 3.83. The zero-order valence-corrected chi connectivity index (χ0v) is 12.1. The van der Waals surface area contributed by atoms with Gasteiger partial charge >= 0.3 is 0 Å². The van der Waals surface area contributed by atoms with Gasteiger partial charge < -0.3 is 4.74 Å². The lowest BCUT2D eigenvalue weighted by Gasteiger charge is -2.11. The van der Waals surface area contributed by atoms with Gasteiger partial charge in [0.05, 0.1) is 15.2 Å². The fraction of sp³-hybridized carbons (Fsp3) is 0.154. The summed E-state index contributed by atoms with van der Waals surface area (Å²) in [5.41, 5.74) is 2.47. The molecule has 0 aliphatic rings. The molecule has 1 heterocycles. The molecule has 2 aromatic rings. The van der Waals surface area contributed by atoms with Crippen LogP contribution in [0.15, 0.2) is 24.7 Å². The number of aromatic nitrogens is 2. The van der Waals surface area contributed by atoms with E-state index in [0.29, 0.717) is 11.4 Å². The van der Waals surface area contributed by atoms with Gasteiger partial charge in [-0.25, -0.2) is 9.97 Å². The van der Waals surface area contributed by atoms with E-state index in [9.17, 15) is 0 Å². The largest absolute Gasteiger partial charge is 0.437 e. The van der Waals surface area contributed by atoms with Crippen LogP contribution in [0.1, 0.15) is 16.7 Å². The maximum absolute atomic E-state index is 8.90. The number of nitrogens with zero attached hydrogens (tertiary/aromatic N) is 3. The monoisotopic (exact) mass is 351 g/mol. The van der Waals surface area contributed by atoms with Crippen molar-refractivity contribution >= 4 is 22.6 Å². The molecule has 0 N–H and O–H groups in total. The van der Waals surface area contributed by atoms with Crippen LogP contribution in [0, 0.1) is 28.7 Å². The number of hydrogen-bond donors (Lipinski definition) is 0. The van der Waals surface area contributed by atoms with Crippen LogP contribution in [0.3, 0.4) is 0 Å². The fourth-order valence-electron chi connectivity index (χ4n) is 1.65. The quantitative estimate of drug-likeness (QED) is 0.779. The molecule has 4 nitrogen and oxygen atoms in total. The van der Waals surface area contributed by atoms with Crippen molar-refractivity contribution in [3.63, 3.8) is 0 Å². The Morgan fingerprint density at radius 3 is 2.50 bits per heavy atom. The second-order valence-corrected chi connectivity index (χ2v) is 4.99. The van der Waals surface area contributed by atoms with Crippen LogP contribution >= 0.6 is 22.6 Å². The fourth-order valence-corrected chi connectivity index (χ4v) is 2.06. The number of nitriles is 1. The third kappa shape index (κ3) is 2.59. The van der Waals surface area contributed by atoms with Crippen LogP contribution in [0.4, 0.5) is 0 Å². The predicted octanol–water partition coefficient (Wildman–Crippen LogP) is 3.36. The Morgan fingerprint density at radius 1 is 1.28 bits per heavy atom. The van der Waals surface area contributed by atoms with E-state index >= 15 is 0 Å². The molecule has 0 fully saturated rings. The van der Waals surface area contributed by atoms with Gasteiger partial charge in [-0.15, -0.1) is 0 Å². The summed E-state index contributed by atoms with van der Waals surface area (Å²) in [5, 5.41) is 8.90. The molecule has 1 aromatic carbocycles. The maximum Gasteiger partial charge on any atom is 0.235 e. The molecule has 2 rings (SSSR count). The van der Waals surface area contributed by atoms with Crippen molar-refractivity contribution < 1.29 is 4.74 Å². The molecule has 0 bridgehead atoms. The molecule has 0 aliphatic heterocycles. The lowest BCUT2D eigenvalue weighted by Crippen LogP contribution is -1.96. The number of ether oxygens (including phenoxy) is 1. The molecular formula is C13H10IN3O. The molecule has 0 radical (unpaired) electrons. The Bertz CT molecular complexity index is 611. The Balaban J connectivity index is 2.42. The number of halogens is 1. The molecule has 0 saturated carbocycles. The summed E-state index contributed by atoms with van der Waals surface area (Å²) in [6.07, 6.45) is 3.14. The summed E-state index contributed by atoms with van der Waals surface area (Å²) < 4.78 is 6.65. The highest BCUT2D eigenvalue weighted by Gasteiger charge is 2.10. The number of rotatable bonds is 2. The van der Waals surface area contributed by atoms with Crippen LogP contribution in [-0.4, -0.2) is 9.97 Å². The Hall–Kier alpha value is -1.68. The van der Waals surface area contributed by atoms with Crippen molar-refractivity contribution in [2.75, 3.05) is 0 Å². The number of benzene rings is 1. The van der Waals surface area contributed by atoms with E-state index in [1.54, 1.807) is 18.3 Å². The van der Waals surface area contributed by atoms with Crippen molar-refractivity contribution in [1.29, 1.82) is 5.26 Å². The molecule has 0 unspecified atom stereocenters. The van der Waals surface area contributed by atoms with Gasteiger partial charge in [-0.05, 0) is 59.7 Å². The third-order valence-corrected chi connectivity index (χ3v) is 3.16. The smallest absolute Gasteiger partial charge is 0.235 e. The maximum atomic E-state index is 8.90. The van der Waals surface area contributed by atoms with Gasteiger partial charge in [0.15, 0.2) is 0 Å². The van der Waals surface area contributed by atoms with Gasteiger partial charge in [0, 0.05) is 6.20 Å². The van der Waals surface area contributed by atoms with Gasteiger partial charge in [0.25, 0.3) is 0 Å². The van der Waals surface area contributed by atoms with Gasteiger partial charge in [0.1, 0.15) is 12.1 Å². The van der Waals surface area contributed by atoms with E-state index in [1.807, 2.05) is 13.8 Å². The van der Waals surface area contributed by atoms with E-state index in [2.05, 4.69) is 38.6 Å². The SMILES string of the molecule is Cc1cc(C#N)cc(C)c1Oc1ncncc1I. The minimum Gasteiger partial charge on any atom is -0.437 e. The van der Waals surface area contributed by atoms with Crippen molar-refractivity contribution in [3.8, 4) is 17.7 Å². The molecule has 5 heteroatoms. The van der Waals surface area contributed by atoms with Gasteiger partial charge in [-0.3, -0.25) is 0 Å². The van der Waals surface area contributed by atoms with Gasteiger partial charge in [0.2, 0.25) is 5.88 Å². The molecule has 18 heavy (non-hydrogen) atoms. The first-order valence-corrected chi connectivity index (χ1v) is 6.34. The van der Waals surface area contributed by atoms with Gasteiger partial charge in [-0.1, -0.05) is 0 Å². The normalized spacial score (nSPS) is 9.89. The predicted molar refractivity (Wildman–Crippen MR) is 75.5 cm³/mol. The second kappa shape index (κ2) is 5.31. The van der Waals surface area contributed by atoms with Crippen LogP contribution in [0.25, 0.3) is 0 Å². The van der Waals surface area contributed by atoms with Crippen LogP contribution in [0.5, 0.6) is 11.6 Å². The van der Waals surface area contributed by atoms with E-state index in [-0.39, 0.29) is 0 Å². The highest BCUT2D eigenvalue weighted by atomic mass is 127. The van der Waals surface area contributed by atoms with E-state index in [0.717, 1.165) is 20.4 Å². The number of aryl methyl sites for hydroxylation is 2. The van der Waals surface area contributed by atoms with Crippen LogP contribution < -0.4 is 4.74 Å². The van der Waals surface area contributed by atoms with Crippen molar-refractivity contribution in [3.05, 3.63) is 44.9 Å². The Labute approximate surface area is 119 Å². The lowest BCUT2D eigenvalue weighted by atomic mass is 10.1. The van der Waals surface area contributed by atoms with E-state index < -0.39 is 0 Å². The van der Waals surface area contributed by atoms with Crippen LogP contribution in [-0.2, 0) is 0 Å². The molecule has 0 amide bonds. The summed E-state index contributed by atoms with van der Waals surface area (Å²) in [7, 11) is 0. The highest BCUT2D eigenvalue weighted by molar-refractivity contribution is 14.1. The van der Waals surface area contributed by atoms with Gasteiger partial charge in [-0.2, -0.15) is 5.26 Å². The first-order valence-electron chi connectivity index (χ1n) is 5.26. The molecule has 0 aliphatic carbocycles. The molecule has 0 saturated heterocycles. The van der Waals surface area contributed by atoms with E-state index in [4.69, 9.17) is 10.00 Å². The van der Waals surface area contributed by atoms with Crippen LogP contribution in [0.2, 0.25) is 0 Å². The summed E-state index contributed by atoms with van der Waals surface area (Å²) in [6.45, 7) is 3.83. The lowest BCUT2D eigenvalue weighted by molar-refractivity contribution is 0.451. The molecular weight excluding hydrogens is 341 g/mol. The zero-order chi connectivity index (χ0) is 13.1. The number of hydrogen-bond acceptors (Lipinski definition) is 4. The minimum absolute atomic E-state index is 0.529. The van der Waals surface area contributed by atoms with Crippen molar-refractivity contribution in [1.82, 2.24) is 9.97 Å². The average molecular weight is 351 g/mol. The molecule has 0 atom stereocenters. The zero-order valence-electron chi connectivity index (χ0n) is 9.94. The third-order valence-electron chi connectivity index (χ3n) is 2.42. The standard InChI is InChI=1S/C13H10IN3O/c1-8-3-10(5-15)4-9(2)12(8)18-13-11(14)6-16-7-17-13/h3-4,6-7H,1-2H3.